The lowest BCUT2D eigenvalue weighted by molar-refractivity contribution is -0.140. The number of ether oxygens (including phenoxy) is 2. The number of aliphatic hydroxyl groups is 1. The number of hydrogen-bond donors (Lipinski definition) is 1. The van der Waals surface area contributed by atoms with E-state index < -0.39 is 21.4 Å². The highest BCUT2D eigenvalue weighted by Gasteiger charge is 2.44. The summed E-state index contributed by atoms with van der Waals surface area (Å²) < 4.78 is 41.9. The SMILES string of the molecule is COC(=O)CCS(=O)(=O)c1cccc(N2CC(O)(c3ccc(OCc4c(-c5c(Cl)cccc5Cl)noc4C4CC4)cc3Cl)C2)c1. The van der Waals surface area contributed by atoms with Crippen molar-refractivity contribution in [1.82, 2.24) is 5.16 Å². The zero-order valence-corrected chi connectivity index (χ0v) is 27.2. The molecule has 0 unspecified atom stereocenters. The van der Waals surface area contributed by atoms with Crippen molar-refractivity contribution in [3.63, 3.8) is 0 Å². The molecular formula is C32H29Cl3N2O7S. The van der Waals surface area contributed by atoms with Gasteiger partial charge in [-0.1, -0.05) is 58.2 Å². The first-order valence-corrected chi connectivity index (χ1v) is 17.0. The minimum absolute atomic E-state index is 0.0940. The van der Waals surface area contributed by atoms with Crippen LogP contribution in [0.5, 0.6) is 5.75 Å². The average Bonchev–Trinajstić information content (AvgIpc) is 3.77. The van der Waals surface area contributed by atoms with Crippen molar-refractivity contribution >= 4 is 56.3 Å². The number of benzene rings is 3. The summed E-state index contributed by atoms with van der Waals surface area (Å²) in [7, 11) is -2.48. The molecule has 13 heteroatoms. The first kappa shape index (κ1) is 31.7. The largest absolute Gasteiger partial charge is 0.489 e. The lowest BCUT2D eigenvalue weighted by Crippen LogP contribution is -2.59. The number of rotatable bonds is 11. The van der Waals surface area contributed by atoms with Gasteiger partial charge < -0.3 is 24.0 Å². The van der Waals surface area contributed by atoms with Crippen molar-refractivity contribution < 1.29 is 32.3 Å². The Morgan fingerprint density at radius 1 is 1.04 bits per heavy atom. The normalized spacial score (nSPS) is 15.9. The number of esters is 1. The highest BCUT2D eigenvalue weighted by atomic mass is 35.5. The molecule has 0 bridgehead atoms. The van der Waals surface area contributed by atoms with Crippen molar-refractivity contribution in [2.75, 3.05) is 30.9 Å². The minimum atomic E-state index is -3.69. The summed E-state index contributed by atoms with van der Waals surface area (Å²) in [4.78, 5) is 13.4. The molecule has 45 heavy (non-hydrogen) atoms. The molecule has 4 aromatic rings. The minimum Gasteiger partial charge on any atom is -0.489 e. The highest BCUT2D eigenvalue weighted by Crippen LogP contribution is 2.46. The Bertz CT molecular complexity index is 1850. The van der Waals surface area contributed by atoms with Crippen LogP contribution in [-0.4, -0.2) is 50.6 Å². The van der Waals surface area contributed by atoms with Crippen LogP contribution >= 0.6 is 34.8 Å². The molecule has 1 N–H and O–H groups in total. The second-order valence-electron chi connectivity index (χ2n) is 11.2. The van der Waals surface area contributed by atoms with Crippen LogP contribution in [0.1, 0.15) is 42.1 Å². The van der Waals surface area contributed by atoms with Crippen molar-refractivity contribution in [2.24, 2.45) is 0 Å². The van der Waals surface area contributed by atoms with E-state index in [4.69, 9.17) is 44.1 Å². The van der Waals surface area contributed by atoms with Crippen molar-refractivity contribution in [3.05, 3.63) is 92.6 Å². The van der Waals surface area contributed by atoms with E-state index in [1.54, 1.807) is 48.5 Å². The number of nitrogens with zero attached hydrogens (tertiary/aromatic N) is 2. The first-order chi connectivity index (χ1) is 21.5. The number of carbonyl (C=O) groups is 1. The smallest absolute Gasteiger partial charge is 0.306 e. The molecule has 236 valence electrons. The molecule has 1 aliphatic heterocycles. The average molecular weight is 692 g/mol. The fourth-order valence-corrected chi connectivity index (χ4v) is 7.60. The van der Waals surface area contributed by atoms with E-state index in [9.17, 15) is 18.3 Å². The van der Waals surface area contributed by atoms with E-state index in [1.807, 2.05) is 4.90 Å². The summed E-state index contributed by atoms with van der Waals surface area (Å²) in [5.41, 5.74) is 1.81. The monoisotopic (exact) mass is 690 g/mol. The van der Waals surface area contributed by atoms with E-state index in [1.165, 1.54) is 19.2 Å². The van der Waals surface area contributed by atoms with E-state index >= 15 is 0 Å². The van der Waals surface area contributed by atoms with E-state index in [0.29, 0.717) is 43.3 Å². The molecule has 2 heterocycles. The molecule has 1 saturated heterocycles. The second kappa shape index (κ2) is 12.5. The third-order valence-corrected chi connectivity index (χ3v) is 10.7. The fourth-order valence-electron chi connectivity index (χ4n) is 5.42. The molecule has 0 atom stereocenters. The maximum atomic E-state index is 12.7. The highest BCUT2D eigenvalue weighted by molar-refractivity contribution is 7.91. The predicted molar refractivity (Wildman–Crippen MR) is 171 cm³/mol. The third-order valence-electron chi connectivity index (χ3n) is 8.04. The van der Waals surface area contributed by atoms with Crippen molar-refractivity contribution in [2.45, 2.75) is 42.3 Å². The summed E-state index contributed by atoms with van der Waals surface area (Å²) in [6.07, 6.45) is 1.77. The molecule has 2 aliphatic rings. The molecule has 6 rings (SSSR count). The van der Waals surface area contributed by atoms with Crippen LogP contribution in [0.3, 0.4) is 0 Å². The standard InChI is InChI=1S/C32H29Cl3N2O7S/c1-42-28(38)12-13-45(40,41)22-5-2-4-20(14-22)37-17-32(39,18-37)24-11-10-21(15-27(24)35)43-16-23-30(36-44-31(23)19-8-9-19)29-25(33)6-3-7-26(29)34/h2-7,10-11,14-15,19,39H,8-9,12-13,16-18H2,1H3. The Morgan fingerprint density at radius 2 is 1.76 bits per heavy atom. The fraction of sp³-hybridized carbons (Fsp3) is 0.312. The van der Waals surface area contributed by atoms with Crippen molar-refractivity contribution in [3.8, 4) is 17.0 Å². The Labute approximate surface area is 275 Å². The number of β-amino-alcohol motifs (C(OH)–C–C–N with tert-alkyl or cyclic N) is 1. The summed E-state index contributed by atoms with van der Waals surface area (Å²) in [6, 6.07) is 16.8. The van der Waals surface area contributed by atoms with E-state index in [-0.39, 0.29) is 42.7 Å². The number of methoxy groups -OCH3 is 1. The Kier molecular flexibility index (Phi) is 8.80. The zero-order valence-electron chi connectivity index (χ0n) is 24.1. The van der Waals surface area contributed by atoms with Gasteiger partial charge in [0, 0.05) is 22.7 Å². The maximum absolute atomic E-state index is 12.7. The predicted octanol–water partition coefficient (Wildman–Crippen LogP) is 6.80. The van der Waals surface area contributed by atoms with Gasteiger partial charge in [0.25, 0.3) is 0 Å². The van der Waals surface area contributed by atoms with Gasteiger partial charge >= 0.3 is 5.97 Å². The molecule has 0 spiro atoms. The Balaban J connectivity index is 1.15. The van der Waals surface area contributed by atoms with Crippen LogP contribution in [0.15, 0.2) is 70.1 Å². The van der Waals surface area contributed by atoms with Gasteiger partial charge in [-0.2, -0.15) is 0 Å². The molecule has 2 fully saturated rings. The number of anilines is 1. The van der Waals surface area contributed by atoms with E-state index in [0.717, 1.165) is 24.2 Å². The number of halogens is 3. The number of hydrogen-bond acceptors (Lipinski definition) is 9. The van der Waals surface area contributed by atoms with Crippen LogP contribution in [0, 0.1) is 0 Å². The molecule has 0 amide bonds. The van der Waals surface area contributed by atoms with Gasteiger partial charge in [-0.15, -0.1) is 0 Å². The quantitative estimate of drug-likeness (QED) is 0.169. The lowest BCUT2D eigenvalue weighted by Gasteiger charge is -2.48. The van der Waals surface area contributed by atoms with Crippen molar-refractivity contribution in [1.29, 1.82) is 0 Å². The second-order valence-corrected chi connectivity index (χ2v) is 14.5. The molecule has 0 radical (unpaired) electrons. The van der Waals surface area contributed by atoms with Crippen LogP contribution < -0.4 is 9.64 Å². The maximum Gasteiger partial charge on any atom is 0.306 e. The summed E-state index contributed by atoms with van der Waals surface area (Å²) >= 11 is 19.6. The molecule has 1 saturated carbocycles. The molecule has 1 aliphatic carbocycles. The summed E-state index contributed by atoms with van der Waals surface area (Å²) in [5, 5.41) is 16.9. The van der Waals surface area contributed by atoms with Crippen LogP contribution in [0.25, 0.3) is 11.3 Å². The van der Waals surface area contributed by atoms with Gasteiger partial charge in [-0.25, -0.2) is 8.42 Å². The summed E-state index contributed by atoms with van der Waals surface area (Å²) in [5.74, 6) is 0.573. The zero-order chi connectivity index (χ0) is 31.9. The van der Waals surface area contributed by atoms with Gasteiger partial charge in [0.1, 0.15) is 29.4 Å². The van der Waals surface area contributed by atoms with E-state index in [2.05, 4.69) is 9.89 Å². The number of sulfone groups is 1. The van der Waals surface area contributed by atoms with Gasteiger partial charge in [0.2, 0.25) is 0 Å². The molecule has 9 nitrogen and oxygen atoms in total. The summed E-state index contributed by atoms with van der Waals surface area (Å²) in [6.45, 7) is 0.552. The Morgan fingerprint density at radius 3 is 2.42 bits per heavy atom. The first-order valence-electron chi connectivity index (χ1n) is 14.2. The van der Waals surface area contributed by atoms with Gasteiger partial charge in [-0.05, 0) is 55.3 Å². The Hall–Kier alpha value is -3.28. The lowest BCUT2D eigenvalue weighted by atomic mass is 9.85. The van der Waals surface area contributed by atoms with Gasteiger partial charge in [0.05, 0.1) is 57.9 Å². The molecular weight excluding hydrogens is 663 g/mol. The third kappa shape index (κ3) is 6.53. The molecule has 3 aromatic carbocycles. The topological polar surface area (TPSA) is 119 Å². The van der Waals surface area contributed by atoms with Gasteiger partial charge in [0.15, 0.2) is 9.84 Å². The number of carbonyl (C=O) groups excluding carboxylic acids is 1. The van der Waals surface area contributed by atoms with Crippen LogP contribution in [0.4, 0.5) is 5.69 Å². The number of aromatic nitrogens is 1. The van der Waals surface area contributed by atoms with Crippen LogP contribution in [0.2, 0.25) is 15.1 Å². The van der Waals surface area contributed by atoms with Gasteiger partial charge in [-0.3, -0.25) is 4.79 Å². The molecule has 1 aromatic heterocycles. The van der Waals surface area contributed by atoms with Crippen LogP contribution in [-0.2, 0) is 31.6 Å².